The number of nitrogens with zero attached hydrogens (tertiary/aromatic N) is 1. The Hall–Kier alpha value is -2.41. The van der Waals surface area contributed by atoms with E-state index in [1.165, 1.54) is 0 Å². The molecule has 0 amide bonds. The normalized spacial score (nSPS) is 16.5. The summed E-state index contributed by atoms with van der Waals surface area (Å²) < 4.78 is 38.1. The maximum absolute atomic E-state index is 12.7. The highest BCUT2D eigenvalue weighted by atomic mass is 19.4. The molecule has 126 valence electrons. The summed E-state index contributed by atoms with van der Waals surface area (Å²) >= 11 is 0. The van der Waals surface area contributed by atoms with Crippen LogP contribution >= 0.6 is 0 Å². The van der Waals surface area contributed by atoms with Gasteiger partial charge in [0.15, 0.2) is 5.69 Å². The lowest BCUT2D eigenvalue weighted by Crippen LogP contribution is -2.33. The summed E-state index contributed by atoms with van der Waals surface area (Å²) in [4.78, 5) is 14.5. The number of hydrogen-bond donors (Lipinski definition) is 2. The highest BCUT2D eigenvalue weighted by molar-refractivity contribution is 5.94. The summed E-state index contributed by atoms with van der Waals surface area (Å²) in [6.45, 7) is 0. The Morgan fingerprint density at radius 2 is 1.71 bits per heavy atom. The van der Waals surface area contributed by atoms with Gasteiger partial charge in [-0.1, -0.05) is 24.3 Å². The van der Waals surface area contributed by atoms with Gasteiger partial charge in [0.2, 0.25) is 0 Å². The monoisotopic (exact) mass is 337 g/mol. The molecule has 0 bridgehead atoms. The fourth-order valence-corrected chi connectivity index (χ4v) is 2.77. The van der Waals surface area contributed by atoms with E-state index in [1.807, 2.05) is 0 Å². The predicted octanol–water partition coefficient (Wildman–Crippen LogP) is 3.84. The average molecular weight is 337 g/mol. The van der Waals surface area contributed by atoms with Crippen molar-refractivity contribution in [2.24, 2.45) is 0 Å². The first kappa shape index (κ1) is 16.4. The van der Waals surface area contributed by atoms with E-state index in [1.54, 1.807) is 24.3 Å². The molecule has 1 saturated carbocycles. The van der Waals surface area contributed by atoms with Gasteiger partial charge >= 0.3 is 12.1 Å². The third kappa shape index (κ3) is 2.87. The zero-order valence-electron chi connectivity index (χ0n) is 12.5. The van der Waals surface area contributed by atoms with Crippen LogP contribution in [0, 0.1) is 0 Å². The van der Waals surface area contributed by atoms with Crippen molar-refractivity contribution in [2.75, 3.05) is 0 Å². The molecule has 0 radical (unpaired) electrons. The molecule has 24 heavy (non-hydrogen) atoms. The molecule has 1 aliphatic carbocycles. The Labute approximate surface area is 135 Å². The van der Waals surface area contributed by atoms with Crippen molar-refractivity contribution < 1.29 is 28.2 Å². The number of aromatic carboxylic acids is 1. The molecule has 0 unspecified atom stereocenters. The Bertz CT molecular complexity index is 781. The number of carboxylic acid groups (broad SMARTS) is 1. The average Bonchev–Trinajstić information content (AvgIpc) is 2.51. The van der Waals surface area contributed by atoms with E-state index in [0.29, 0.717) is 24.0 Å². The van der Waals surface area contributed by atoms with Crippen molar-refractivity contribution in [3.05, 3.63) is 53.3 Å². The molecule has 1 fully saturated rings. The Balaban J connectivity index is 2.01. The maximum atomic E-state index is 12.7. The zero-order valence-corrected chi connectivity index (χ0v) is 12.5. The molecular weight excluding hydrogens is 323 g/mol. The molecule has 0 saturated heterocycles. The fourth-order valence-electron chi connectivity index (χ4n) is 2.77. The molecule has 1 heterocycles. The first-order chi connectivity index (χ1) is 11.2. The number of aliphatic hydroxyl groups is 1. The van der Waals surface area contributed by atoms with Crippen molar-refractivity contribution in [1.29, 1.82) is 0 Å². The van der Waals surface area contributed by atoms with Gasteiger partial charge in [0.05, 0.1) is 5.60 Å². The maximum Gasteiger partial charge on any atom is 0.433 e. The van der Waals surface area contributed by atoms with Crippen molar-refractivity contribution in [3.63, 3.8) is 0 Å². The van der Waals surface area contributed by atoms with Crippen LogP contribution in [0.5, 0.6) is 0 Å². The summed E-state index contributed by atoms with van der Waals surface area (Å²) in [6.07, 6.45) is -2.45. The summed E-state index contributed by atoms with van der Waals surface area (Å²) in [5, 5.41) is 19.5. The van der Waals surface area contributed by atoms with Crippen molar-refractivity contribution >= 4 is 5.97 Å². The van der Waals surface area contributed by atoms with Crippen LogP contribution < -0.4 is 0 Å². The number of carboxylic acids is 1. The van der Waals surface area contributed by atoms with E-state index >= 15 is 0 Å². The molecule has 7 heteroatoms. The Morgan fingerprint density at radius 1 is 1.08 bits per heavy atom. The number of carbonyl (C=O) groups is 1. The van der Waals surface area contributed by atoms with Crippen LogP contribution in [0.1, 0.15) is 41.0 Å². The van der Waals surface area contributed by atoms with Gasteiger partial charge in [-0.25, -0.2) is 9.78 Å². The number of hydrogen-bond acceptors (Lipinski definition) is 3. The molecule has 3 rings (SSSR count). The zero-order chi connectivity index (χ0) is 17.5. The van der Waals surface area contributed by atoms with E-state index in [9.17, 15) is 28.2 Å². The van der Waals surface area contributed by atoms with Crippen LogP contribution in [-0.2, 0) is 11.8 Å². The molecule has 1 aromatic carbocycles. The molecule has 1 aromatic heterocycles. The predicted molar refractivity (Wildman–Crippen MR) is 79.4 cm³/mol. The lowest BCUT2D eigenvalue weighted by molar-refractivity contribution is -0.141. The minimum absolute atomic E-state index is 0.0997. The SMILES string of the molecule is O=C(O)c1nc(C(F)(F)F)ccc1-c1ccc(C2(O)CCC2)cc1. The minimum atomic E-state index is -4.71. The smallest absolute Gasteiger partial charge is 0.433 e. The van der Waals surface area contributed by atoms with E-state index < -0.39 is 29.1 Å². The quantitative estimate of drug-likeness (QED) is 0.893. The third-order valence-corrected chi connectivity index (χ3v) is 4.30. The molecule has 2 N–H and O–H groups in total. The van der Waals surface area contributed by atoms with Crippen molar-refractivity contribution in [3.8, 4) is 11.1 Å². The number of aromatic nitrogens is 1. The second-order valence-electron chi connectivity index (χ2n) is 5.86. The van der Waals surface area contributed by atoms with E-state index in [-0.39, 0.29) is 5.56 Å². The van der Waals surface area contributed by atoms with Gasteiger partial charge in [0.25, 0.3) is 0 Å². The summed E-state index contributed by atoms with van der Waals surface area (Å²) in [5.41, 5.74) is -1.51. The molecule has 0 atom stereocenters. The van der Waals surface area contributed by atoms with Gasteiger partial charge in [-0.15, -0.1) is 0 Å². The topological polar surface area (TPSA) is 70.4 Å². The number of halogens is 3. The van der Waals surface area contributed by atoms with Gasteiger partial charge in [-0.2, -0.15) is 13.2 Å². The van der Waals surface area contributed by atoms with Crippen molar-refractivity contribution in [2.45, 2.75) is 31.0 Å². The Morgan fingerprint density at radius 3 is 2.17 bits per heavy atom. The summed E-state index contributed by atoms with van der Waals surface area (Å²) in [7, 11) is 0. The van der Waals surface area contributed by atoms with Gasteiger partial charge in [0, 0.05) is 5.56 Å². The number of benzene rings is 1. The number of alkyl halides is 3. The molecular formula is C17H14F3NO3. The molecule has 0 aliphatic heterocycles. The third-order valence-electron chi connectivity index (χ3n) is 4.30. The Kier molecular flexibility index (Phi) is 3.83. The summed E-state index contributed by atoms with van der Waals surface area (Å²) in [6, 6.07) is 8.36. The van der Waals surface area contributed by atoms with Gasteiger partial charge in [0.1, 0.15) is 5.69 Å². The first-order valence-electron chi connectivity index (χ1n) is 7.35. The molecule has 0 spiro atoms. The van der Waals surface area contributed by atoms with Gasteiger partial charge < -0.3 is 10.2 Å². The minimum Gasteiger partial charge on any atom is -0.476 e. The van der Waals surface area contributed by atoms with Crippen LogP contribution in [-0.4, -0.2) is 21.2 Å². The van der Waals surface area contributed by atoms with E-state index in [0.717, 1.165) is 18.6 Å². The van der Waals surface area contributed by atoms with Crippen molar-refractivity contribution in [1.82, 2.24) is 4.98 Å². The van der Waals surface area contributed by atoms with Gasteiger partial charge in [-0.05, 0) is 42.5 Å². The highest BCUT2D eigenvalue weighted by Gasteiger charge is 2.36. The highest BCUT2D eigenvalue weighted by Crippen LogP contribution is 2.41. The van der Waals surface area contributed by atoms with Crippen LogP contribution in [0.3, 0.4) is 0 Å². The van der Waals surface area contributed by atoms with Crippen LogP contribution in [0.25, 0.3) is 11.1 Å². The number of rotatable bonds is 3. The van der Waals surface area contributed by atoms with Crippen LogP contribution in [0.4, 0.5) is 13.2 Å². The second-order valence-corrected chi connectivity index (χ2v) is 5.86. The van der Waals surface area contributed by atoms with Crippen LogP contribution in [0.2, 0.25) is 0 Å². The molecule has 4 nitrogen and oxygen atoms in total. The van der Waals surface area contributed by atoms with E-state index in [2.05, 4.69) is 4.98 Å². The largest absolute Gasteiger partial charge is 0.476 e. The first-order valence-corrected chi connectivity index (χ1v) is 7.35. The molecule has 1 aliphatic rings. The van der Waals surface area contributed by atoms with Gasteiger partial charge in [-0.3, -0.25) is 0 Å². The van der Waals surface area contributed by atoms with Crippen LogP contribution in [0.15, 0.2) is 36.4 Å². The second kappa shape index (κ2) is 5.59. The standard InChI is InChI=1S/C17H14F3NO3/c18-17(19,20)13-7-6-12(14(21-13)15(22)23)10-2-4-11(5-3-10)16(24)8-1-9-16/h2-7,24H,1,8-9H2,(H,22,23). The lowest BCUT2D eigenvalue weighted by Gasteiger charge is -2.37. The summed E-state index contributed by atoms with van der Waals surface area (Å²) in [5.74, 6) is -1.53. The molecule has 2 aromatic rings. The van der Waals surface area contributed by atoms with E-state index in [4.69, 9.17) is 0 Å². The fraction of sp³-hybridized carbons (Fsp3) is 0.294. The lowest BCUT2D eigenvalue weighted by atomic mass is 9.75. The number of pyridine rings is 1.